The highest BCUT2D eigenvalue weighted by atomic mass is 16.3. The van der Waals surface area contributed by atoms with Crippen LogP contribution in [0.3, 0.4) is 0 Å². The Bertz CT molecular complexity index is 434. The molecule has 14 heavy (non-hydrogen) atoms. The first-order chi connectivity index (χ1) is 6.68. The van der Waals surface area contributed by atoms with Crippen molar-refractivity contribution in [3.63, 3.8) is 0 Å². The largest absolute Gasteiger partial charge is 0.391 e. The number of H-pyrrole nitrogens is 1. The monoisotopic (exact) mass is 196 g/mol. The summed E-state index contributed by atoms with van der Waals surface area (Å²) in [7, 11) is 0. The van der Waals surface area contributed by atoms with Crippen LogP contribution in [0, 0.1) is 0 Å². The van der Waals surface area contributed by atoms with E-state index in [1.165, 1.54) is 16.8 Å². The Hall–Kier alpha value is -1.36. The molecule has 1 aromatic heterocycles. The van der Waals surface area contributed by atoms with E-state index in [9.17, 15) is 14.7 Å². The molecule has 2 atom stereocenters. The lowest BCUT2D eigenvalue weighted by Gasteiger charge is -2.16. The minimum absolute atomic E-state index is 0.181. The number of nitrogens with one attached hydrogen (secondary N) is 1. The Morgan fingerprint density at radius 1 is 1.43 bits per heavy atom. The van der Waals surface area contributed by atoms with Crippen molar-refractivity contribution in [2.24, 2.45) is 0 Å². The first-order valence-electron chi connectivity index (χ1n) is 4.68. The summed E-state index contributed by atoms with van der Waals surface area (Å²) in [5.74, 6) is 0. The van der Waals surface area contributed by atoms with Crippen LogP contribution in [0.5, 0.6) is 0 Å². The molecule has 76 valence electrons. The van der Waals surface area contributed by atoms with Gasteiger partial charge in [0.05, 0.1) is 12.1 Å². The summed E-state index contributed by atoms with van der Waals surface area (Å²) in [5, 5.41) is 9.58. The van der Waals surface area contributed by atoms with Gasteiger partial charge in [-0.1, -0.05) is 0 Å². The molecule has 1 aliphatic rings. The number of aromatic amines is 1. The number of rotatable bonds is 1. The molecule has 0 amide bonds. The van der Waals surface area contributed by atoms with Crippen LogP contribution in [0.2, 0.25) is 0 Å². The summed E-state index contributed by atoms with van der Waals surface area (Å²) in [6.45, 7) is 0. The van der Waals surface area contributed by atoms with E-state index in [0.29, 0.717) is 0 Å². The van der Waals surface area contributed by atoms with Crippen LogP contribution in [0.25, 0.3) is 0 Å². The fraction of sp³-hybridized carbons (Fsp3) is 0.556. The van der Waals surface area contributed by atoms with Crippen molar-refractivity contribution in [1.29, 1.82) is 0 Å². The number of hydrogen-bond acceptors (Lipinski definition) is 3. The minimum Gasteiger partial charge on any atom is -0.391 e. The molecule has 0 saturated heterocycles. The lowest BCUT2D eigenvalue weighted by atomic mass is 10.2. The molecule has 1 aromatic rings. The summed E-state index contributed by atoms with van der Waals surface area (Å²) >= 11 is 0. The van der Waals surface area contributed by atoms with E-state index in [1.807, 2.05) is 0 Å². The summed E-state index contributed by atoms with van der Waals surface area (Å²) in [5.41, 5.74) is -0.845. The average molecular weight is 196 g/mol. The summed E-state index contributed by atoms with van der Waals surface area (Å²) < 4.78 is 1.40. The molecule has 5 nitrogen and oxygen atoms in total. The number of aliphatic hydroxyl groups excluding tert-OH is 1. The molecule has 2 N–H and O–H groups in total. The molecule has 0 bridgehead atoms. The van der Waals surface area contributed by atoms with Gasteiger partial charge in [0, 0.05) is 12.3 Å². The molecule has 1 saturated carbocycles. The molecule has 5 heteroatoms. The smallest absolute Gasteiger partial charge is 0.328 e. The van der Waals surface area contributed by atoms with E-state index in [2.05, 4.69) is 4.98 Å². The van der Waals surface area contributed by atoms with Gasteiger partial charge < -0.3 is 5.11 Å². The van der Waals surface area contributed by atoms with Crippen LogP contribution in [0.15, 0.2) is 21.9 Å². The van der Waals surface area contributed by atoms with E-state index in [4.69, 9.17) is 0 Å². The van der Waals surface area contributed by atoms with Crippen LogP contribution in [0.1, 0.15) is 25.3 Å². The van der Waals surface area contributed by atoms with Gasteiger partial charge in [-0.05, 0) is 19.3 Å². The third-order valence-electron chi connectivity index (χ3n) is 2.65. The zero-order valence-corrected chi connectivity index (χ0v) is 7.64. The topological polar surface area (TPSA) is 75.1 Å². The summed E-state index contributed by atoms with van der Waals surface area (Å²) in [6.07, 6.45) is 3.39. The Balaban J connectivity index is 2.41. The number of nitrogens with zero attached hydrogens (tertiary/aromatic N) is 1. The van der Waals surface area contributed by atoms with Crippen molar-refractivity contribution >= 4 is 0 Å². The molecule has 1 fully saturated rings. The van der Waals surface area contributed by atoms with E-state index in [-0.39, 0.29) is 6.04 Å². The average Bonchev–Trinajstić information content (AvgIpc) is 2.52. The normalized spacial score (nSPS) is 26.6. The maximum absolute atomic E-state index is 11.4. The third kappa shape index (κ3) is 1.50. The first kappa shape index (κ1) is 9.21. The van der Waals surface area contributed by atoms with Gasteiger partial charge in [0.1, 0.15) is 0 Å². The van der Waals surface area contributed by atoms with E-state index in [0.717, 1.165) is 19.3 Å². The maximum atomic E-state index is 11.4. The van der Waals surface area contributed by atoms with Gasteiger partial charge in [-0.2, -0.15) is 0 Å². The molecular formula is C9H12N2O3. The zero-order chi connectivity index (χ0) is 10.1. The van der Waals surface area contributed by atoms with Crippen molar-refractivity contribution in [3.05, 3.63) is 33.1 Å². The van der Waals surface area contributed by atoms with E-state index >= 15 is 0 Å². The molecule has 1 aliphatic carbocycles. The molecule has 0 radical (unpaired) electrons. The Morgan fingerprint density at radius 2 is 2.21 bits per heavy atom. The number of aliphatic hydroxyl groups is 1. The second-order valence-electron chi connectivity index (χ2n) is 3.58. The first-order valence-corrected chi connectivity index (χ1v) is 4.68. The highest BCUT2D eigenvalue weighted by molar-refractivity contribution is 4.90. The third-order valence-corrected chi connectivity index (χ3v) is 2.65. The van der Waals surface area contributed by atoms with Gasteiger partial charge in [-0.3, -0.25) is 14.3 Å². The lowest BCUT2D eigenvalue weighted by molar-refractivity contribution is 0.134. The predicted octanol–water partition coefficient (Wildman–Crippen LogP) is -0.378. The molecule has 0 spiro atoms. The van der Waals surface area contributed by atoms with Crippen LogP contribution in [0.4, 0.5) is 0 Å². The number of aromatic nitrogens is 2. The Labute approximate surface area is 80.0 Å². The molecule has 0 aromatic carbocycles. The molecule has 2 rings (SSSR count). The van der Waals surface area contributed by atoms with Crippen molar-refractivity contribution in [2.75, 3.05) is 0 Å². The van der Waals surface area contributed by atoms with Crippen molar-refractivity contribution < 1.29 is 5.11 Å². The quantitative estimate of drug-likeness (QED) is 0.643. The van der Waals surface area contributed by atoms with Crippen molar-refractivity contribution in [1.82, 2.24) is 9.55 Å². The highest BCUT2D eigenvalue weighted by Gasteiger charge is 2.27. The molecular weight excluding hydrogens is 184 g/mol. The van der Waals surface area contributed by atoms with Crippen LogP contribution in [-0.4, -0.2) is 20.8 Å². The standard InChI is InChI=1S/C9H12N2O3/c12-7-3-1-2-6(7)11-5-4-8(13)10-9(11)14/h4-7,12H,1-3H2,(H,10,13,14)/t6-,7+/m1/s1. The Kier molecular flexibility index (Phi) is 2.25. The number of hydrogen-bond donors (Lipinski definition) is 2. The van der Waals surface area contributed by atoms with Gasteiger partial charge in [0.15, 0.2) is 0 Å². The minimum atomic E-state index is -0.474. The molecule has 0 unspecified atom stereocenters. The molecule has 0 aliphatic heterocycles. The SMILES string of the molecule is O=c1ccn([C@@H]2CCC[C@@H]2O)c(=O)[nH]1. The van der Waals surface area contributed by atoms with Gasteiger partial charge in [-0.15, -0.1) is 0 Å². The zero-order valence-electron chi connectivity index (χ0n) is 7.64. The Morgan fingerprint density at radius 3 is 2.79 bits per heavy atom. The summed E-state index contributed by atoms with van der Waals surface area (Å²) in [4.78, 5) is 24.4. The van der Waals surface area contributed by atoms with Crippen LogP contribution in [-0.2, 0) is 0 Å². The van der Waals surface area contributed by atoms with Crippen LogP contribution >= 0.6 is 0 Å². The second kappa shape index (κ2) is 3.42. The van der Waals surface area contributed by atoms with Gasteiger partial charge in [0.25, 0.3) is 5.56 Å². The summed E-state index contributed by atoms with van der Waals surface area (Å²) in [6, 6.07) is 1.12. The fourth-order valence-corrected chi connectivity index (χ4v) is 1.93. The molecule has 1 heterocycles. The maximum Gasteiger partial charge on any atom is 0.328 e. The fourth-order valence-electron chi connectivity index (χ4n) is 1.93. The highest BCUT2D eigenvalue weighted by Crippen LogP contribution is 2.28. The van der Waals surface area contributed by atoms with E-state index < -0.39 is 17.4 Å². The second-order valence-corrected chi connectivity index (χ2v) is 3.58. The van der Waals surface area contributed by atoms with Gasteiger partial charge in [0.2, 0.25) is 0 Å². The predicted molar refractivity (Wildman–Crippen MR) is 50.2 cm³/mol. The van der Waals surface area contributed by atoms with Gasteiger partial charge in [-0.25, -0.2) is 4.79 Å². The van der Waals surface area contributed by atoms with Crippen molar-refractivity contribution in [2.45, 2.75) is 31.4 Å². The van der Waals surface area contributed by atoms with Crippen molar-refractivity contribution in [3.8, 4) is 0 Å². The van der Waals surface area contributed by atoms with Crippen LogP contribution < -0.4 is 11.2 Å². The lowest BCUT2D eigenvalue weighted by Crippen LogP contribution is -2.34. The van der Waals surface area contributed by atoms with E-state index in [1.54, 1.807) is 0 Å². The van der Waals surface area contributed by atoms with Gasteiger partial charge >= 0.3 is 5.69 Å².